The topological polar surface area (TPSA) is 33.3 Å². The molecule has 0 amide bonds. The van der Waals surface area contributed by atoms with Crippen LogP contribution in [0.3, 0.4) is 0 Å². The number of hydrogen-bond donors (Lipinski definition) is 2. The Kier molecular flexibility index (Phi) is 3.95. The molecule has 0 aliphatic carbocycles. The summed E-state index contributed by atoms with van der Waals surface area (Å²) >= 11 is 6.08. The molecule has 0 aliphatic heterocycles. The highest BCUT2D eigenvalue weighted by molar-refractivity contribution is 6.32. The fourth-order valence-electron chi connectivity index (χ4n) is 1.66. The molecule has 18 heavy (non-hydrogen) atoms. The first kappa shape index (κ1) is 12.6. The molecule has 0 heterocycles. The van der Waals surface area contributed by atoms with Gasteiger partial charge in [0, 0.05) is 24.1 Å². The van der Waals surface area contributed by atoms with Crippen LogP contribution in [0.5, 0.6) is 5.75 Å². The molecule has 0 unspecified atom stereocenters. The Labute approximate surface area is 112 Å². The van der Waals surface area contributed by atoms with Gasteiger partial charge in [0.15, 0.2) is 0 Å². The highest BCUT2D eigenvalue weighted by atomic mass is 35.5. The number of methoxy groups -OCH3 is 1. The molecule has 0 bridgehead atoms. The highest BCUT2D eigenvalue weighted by Gasteiger charge is 2.02. The number of anilines is 3. The van der Waals surface area contributed by atoms with Crippen LogP contribution in [0.25, 0.3) is 0 Å². The summed E-state index contributed by atoms with van der Waals surface area (Å²) in [6.07, 6.45) is 0. The lowest BCUT2D eigenvalue weighted by atomic mass is 10.2. The van der Waals surface area contributed by atoms with Gasteiger partial charge in [-0.3, -0.25) is 0 Å². The second-order valence-electron chi connectivity index (χ2n) is 3.81. The lowest BCUT2D eigenvalue weighted by molar-refractivity contribution is 0.415. The summed E-state index contributed by atoms with van der Waals surface area (Å²) < 4.78 is 5.12. The molecule has 0 saturated heterocycles. The highest BCUT2D eigenvalue weighted by Crippen LogP contribution is 2.29. The Morgan fingerprint density at radius 3 is 2.39 bits per heavy atom. The Morgan fingerprint density at radius 1 is 1.00 bits per heavy atom. The number of ether oxygens (including phenoxy) is 1. The third-order valence-corrected chi connectivity index (χ3v) is 2.89. The molecule has 4 heteroatoms. The Bertz CT molecular complexity index is 543. The van der Waals surface area contributed by atoms with Crippen LogP contribution >= 0.6 is 11.6 Å². The zero-order chi connectivity index (χ0) is 13.0. The van der Waals surface area contributed by atoms with Crippen molar-refractivity contribution < 1.29 is 4.74 Å². The molecule has 0 saturated carbocycles. The van der Waals surface area contributed by atoms with Crippen molar-refractivity contribution in [2.75, 3.05) is 24.8 Å². The largest absolute Gasteiger partial charge is 0.495 e. The van der Waals surface area contributed by atoms with E-state index in [1.54, 1.807) is 7.11 Å². The van der Waals surface area contributed by atoms with E-state index in [2.05, 4.69) is 10.6 Å². The van der Waals surface area contributed by atoms with E-state index < -0.39 is 0 Å². The predicted octanol–water partition coefficient (Wildman–Crippen LogP) is 4.13. The maximum Gasteiger partial charge on any atom is 0.137 e. The van der Waals surface area contributed by atoms with Gasteiger partial charge in [-0.25, -0.2) is 0 Å². The zero-order valence-electron chi connectivity index (χ0n) is 10.3. The summed E-state index contributed by atoms with van der Waals surface area (Å²) in [5.41, 5.74) is 2.98. The molecule has 0 spiro atoms. The van der Waals surface area contributed by atoms with Crippen LogP contribution < -0.4 is 15.4 Å². The molecular formula is C14H15ClN2O. The van der Waals surface area contributed by atoms with E-state index in [-0.39, 0.29) is 0 Å². The van der Waals surface area contributed by atoms with E-state index in [9.17, 15) is 0 Å². The zero-order valence-corrected chi connectivity index (χ0v) is 11.1. The van der Waals surface area contributed by atoms with Crippen molar-refractivity contribution in [1.29, 1.82) is 0 Å². The lowest BCUT2D eigenvalue weighted by Crippen LogP contribution is -1.93. The second-order valence-corrected chi connectivity index (χ2v) is 4.21. The number of nitrogens with one attached hydrogen (secondary N) is 2. The van der Waals surface area contributed by atoms with Gasteiger partial charge in [0.05, 0.1) is 12.1 Å². The average Bonchev–Trinajstić information content (AvgIpc) is 2.39. The summed E-state index contributed by atoms with van der Waals surface area (Å²) in [6, 6.07) is 13.6. The molecule has 2 aromatic carbocycles. The van der Waals surface area contributed by atoms with E-state index in [4.69, 9.17) is 16.3 Å². The van der Waals surface area contributed by atoms with Crippen molar-refractivity contribution in [3.05, 3.63) is 47.5 Å². The third kappa shape index (κ3) is 2.87. The minimum absolute atomic E-state index is 0.590. The fraction of sp³-hybridized carbons (Fsp3) is 0.143. The number of hydrogen-bond acceptors (Lipinski definition) is 3. The van der Waals surface area contributed by atoms with E-state index in [1.165, 1.54) is 0 Å². The van der Waals surface area contributed by atoms with Gasteiger partial charge >= 0.3 is 0 Å². The second kappa shape index (κ2) is 5.65. The summed E-state index contributed by atoms with van der Waals surface area (Å²) in [4.78, 5) is 0. The smallest absolute Gasteiger partial charge is 0.137 e. The Hall–Kier alpha value is -1.87. The Morgan fingerprint density at radius 2 is 1.72 bits per heavy atom. The predicted molar refractivity (Wildman–Crippen MR) is 77.3 cm³/mol. The van der Waals surface area contributed by atoms with Crippen molar-refractivity contribution in [3.63, 3.8) is 0 Å². The molecule has 94 valence electrons. The average molecular weight is 263 g/mol. The first-order valence-electron chi connectivity index (χ1n) is 5.61. The number of benzene rings is 2. The van der Waals surface area contributed by atoms with Crippen LogP contribution in [-0.4, -0.2) is 14.2 Å². The van der Waals surface area contributed by atoms with Gasteiger partial charge < -0.3 is 15.4 Å². The van der Waals surface area contributed by atoms with Crippen LogP contribution in [0.2, 0.25) is 5.02 Å². The maximum atomic E-state index is 6.08. The maximum absolute atomic E-state index is 6.08. The van der Waals surface area contributed by atoms with Gasteiger partial charge in [0.2, 0.25) is 0 Å². The summed E-state index contributed by atoms with van der Waals surface area (Å²) in [5, 5.41) is 6.98. The van der Waals surface area contributed by atoms with Gasteiger partial charge in [-0.05, 0) is 36.4 Å². The quantitative estimate of drug-likeness (QED) is 0.869. The molecule has 2 rings (SSSR count). The van der Waals surface area contributed by atoms with E-state index in [0.29, 0.717) is 10.8 Å². The van der Waals surface area contributed by atoms with E-state index >= 15 is 0 Å². The SMILES string of the molecule is CNc1cccc(Nc2ccc(OC)c(Cl)c2)c1. The molecule has 0 aromatic heterocycles. The van der Waals surface area contributed by atoms with Gasteiger partial charge in [-0.1, -0.05) is 17.7 Å². The number of halogens is 1. The summed E-state index contributed by atoms with van der Waals surface area (Å²) in [5.74, 6) is 0.672. The first-order valence-corrected chi connectivity index (χ1v) is 5.99. The van der Waals surface area contributed by atoms with Crippen molar-refractivity contribution in [1.82, 2.24) is 0 Å². The molecule has 3 nitrogen and oxygen atoms in total. The minimum atomic E-state index is 0.590. The normalized spacial score (nSPS) is 9.94. The Balaban J connectivity index is 2.20. The monoisotopic (exact) mass is 262 g/mol. The van der Waals surface area contributed by atoms with E-state index in [1.807, 2.05) is 49.5 Å². The van der Waals surface area contributed by atoms with Gasteiger partial charge in [0.25, 0.3) is 0 Å². The lowest BCUT2D eigenvalue weighted by Gasteiger charge is -2.10. The molecule has 0 fully saturated rings. The van der Waals surface area contributed by atoms with Crippen LogP contribution in [0.1, 0.15) is 0 Å². The standard InChI is InChI=1S/C14H15ClN2O/c1-16-10-4-3-5-11(8-10)17-12-6-7-14(18-2)13(15)9-12/h3-9,16-17H,1-2H3. The molecule has 0 aliphatic rings. The van der Waals surface area contributed by atoms with Crippen molar-refractivity contribution in [2.45, 2.75) is 0 Å². The van der Waals surface area contributed by atoms with Crippen molar-refractivity contribution in [3.8, 4) is 5.75 Å². The van der Waals surface area contributed by atoms with E-state index in [0.717, 1.165) is 17.1 Å². The van der Waals surface area contributed by atoms with Gasteiger partial charge in [0.1, 0.15) is 5.75 Å². The molecule has 2 N–H and O–H groups in total. The van der Waals surface area contributed by atoms with Gasteiger partial charge in [-0.15, -0.1) is 0 Å². The molecule has 0 atom stereocenters. The molecule has 0 radical (unpaired) electrons. The van der Waals surface area contributed by atoms with Crippen LogP contribution in [0.4, 0.5) is 17.1 Å². The molecule has 2 aromatic rings. The van der Waals surface area contributed by atoms with Gasteiger partial charge in [-0.2, -0.15) is 0 Å². The fourth-order valence-corrected chi connectivity index (χ4v) is 1.92. The first-order chi connectivity index (χ1) is 8.72. The van der Waals surface area contributed by atoms with Crippen LogP contribution in [0, 0.1) is 0 Å². The third-order valence-electron chi connectivity index (χ3n) is 2.59. The van der Waals surface area contributed by atoms with Crippen molar-refractivity contribution >= 4 is 28.7 Å². The summed E-state index contributed by atoms with van der Waals surface area (Å²) in [6.45, 7) is 0. The van der Waals surface area contributed by atoms with Crippen molar-refractivity contribution in [2.24, 2.45) is 0 Å². The molecular weight excluding hydrogens is 248 g/mol. The number of rotatable bonds is 4. The van der Waals surface area contributed by atoms with Crippen LogP contribution in [-0.2, 0) is 0 Å². The summed E-state index contributed by atoms with van der Waals surface area (Å²) in [7, 11) is 3.49. The van der Waals surface area contributed by atoms with Crippen LogP contribution in [0.15, 0.2) is 42.5 Å². The minimum Gasteiger partial charge on any atom is -0.495 e.